The Balaban J connectivity index is 1.90. The standard InChI is InChI=1S/C16H14ClN3O2/c1-22-14-6-2-11(3-7-14)10-19-16(21)20-13-5-4-12(9-18)15(17)8-13/h2-8H,10H2,1H3,(H2,19,20,21). The van der Waals surface area contributed by atoms with Crippen LogP contribution in [0.15, 0.2) is 42.5 Å². The number of nitrogens with one attached hydrogen (secondary N) is 2. The zero-order valence-corrected chi connectivity index (χ0v) is 12.6. The number of amides is 2. The number of anilines is 1. The molecule has 0 radical (unpaired) electrons. The van der Waals surface area contributed by atoms with Gasteiger partial charge in [-0.25, -0.2) is 4.79 Å². The Morgan fingerprint density at radius 3 is 2.59 bits per heavy atom. The summed E-state index contributed by atoms with van der Waals surface area (Å²) in [6.07, 6.45) is 0. The Hall–Kier alpha value is -2.71. The topological polar surface area (TPSA) is 74.2 Å². The predicted octanol–water partition coefficient (Wildman–Crippen LogP) is 3.54. The van der Waals surface area contributed by atoms with Gasteiger partial charge < -0.3 is 15.4 Å². The molecule has 0 aliphatic rings. The maximum Gasteiger partial charge on any atom is 0.319 e. The molecule has 0 atom stereocenters. The minimum absolute atomic E-state index is 0.301. The molecule has 6 heteroatoms. The van der Waals surface area contributed by atoms with Gasteiger partial charge in [-0.15, -0.1) is 0 Å². The molecule has 2 N–H and O–H groups in total. The number of carbonyl (C=O) groups is 1. The molecule has 0 bridgehead atoms. The SMILES string of the molecule is COc1ccc(CNC(=O)Nc2ccc(C#N)c(Cl)c2)cc1. The minimum atomic E-state index is -0.350. The quantitative estimate of drug-likeness (QED) is 0.906. The fourth-order valence-electron chi connectivity index (χ4n) is 1.78. The zero-order chi connectivity index (χ0) is 15.9. The van der Waals surface area contributed by atoms with Crippen molar-refractivity contribution in [2.24, 2.45) is 0 Å². The highest BCUT2D eigenvalue weighted by Crippen LogP contribution is 2.20. The lowest BCUT2D eigenvalue weighted by Crippen LogP contribution is -2.28. The molecular weight excluding hydrogens is 302 g/mol. The summed E-state index contributed by atoms with van der Waals surface area (Å²) in [6, 6.07) is 13.7. The summed E-state index contributed by atoms with van der Waals surface area (Å²) in [4.78, 5) is 11.8. The van der Waals surface area contributed by atoms with E-state index in [1.54, 1.807) is 19.2 Å². The second-order valence-corrected chi connectivity index (χ2v) is 4.87. The number of hydrogen-bond acceptors (Lipinski definition) is 3. The molecule has 0 spiro atoms. The van der Waals surface area contributed by atoms with Gasteiger partial charge in [-0.2, -0.15) is 5.26 Å². The number of ether oxygens (including phenoxy) is 1. The molecule has 2 aromatic rings. The second-order valence-electron chi connectivity index (χ2n) is 4.46. The molecule has 0 saturated carbocycles. The van der Waals surface area contributed by atoms with Crippen molar-refractivity contribution in [2.45, 2.75) is 6.54 Å². The molecule has 2 amide bonds. The maximum absolute atomic E-state index is 11.8. The third kappa shape index (κ3) is 4.14. The van der Waals surface area contributed by atoms with Crippen molar-refractivity contribution in [3.05, 3.63) is 58.6 Å². The number of nitriles is 1. The summed E-state index contributed by atoms with van der Waals surface area (Å²) in [5.74, 6) is 0.764. The molecule has 5 nitrogen and oxygen atoms in total. The summed E-state index contributed by atoms with van der Waals surface area (Å²) in [6.45, 7) is 0.389. The Kier molecular flexibility index (Phi) is 5.23. The molecule has 0 unspecified atom stereocenters. The third-order valence-electron chi connectivity index (χ3n) is 2.96. The van der Waals surface area contributed by atoms with Gasteiger partial charge >= 0.3 is 6.03 Å². The van der Waals surface area contributed by atoms with Crippen LogP contribution in [0.5, 0.6) is 5.75 Å². The number of methoxy groups -OCH3 is 1. The van der Waals surface area contributed by atoms with Crippen molar-refractivity contribution in [3.8, 4) is 11.8 Å². The Labute approximate surface area is 133 Å². The van der Waals surface area contributed by atoms with Crippen LogP contribution in [0.3, 0.4) is 0 Å². The van der Waals surface area contributed by atoms with Gasteiger partial charge in [0.2, 0.25) is 0 Å². The number of hydrogen-bond donors (Lipinski definition) is 2. The molecule has 2 aromatic carbocycles. The predicted molar refractivity (Wildman–Crippen MR) is 85.0 cm³/mol. The number of rotatable bonds is 4. The highest BCUT2D eigenvalue weighted by Gasteiger charge is 2.05. The van der Waals surface area contributed by atoms with E-state index in [0.717, 1.165) is 11.3 Å². The van der Waals surface area contributed by atoms with Gasteiger partial charge in [0.25, 0.3) is 0 Å². The molecule has 0 saturated heterocycles. The van der Waals surface area contributed by atoms with E-state index >= 15 is 0 Å². The van der Waals surface area contributed by atoms with Crippen molar-refractivity contribution < 1.29 is 9.53 Å². The molecule has 0 fully saturated rings. The number of carbonyl (C=O) groups excluding carboxylic acids is 1. The minimum Gasteiger partial charge on any atom is -0.497 e. The van der Waals surface area contributed by atoms with Gasteiger partial charge in [0.1, 0.15) is 11.8 Å². The fourth-order valence-corrected chi connectivity index (χ4v) is 2.01. The monoisotopic (exact) mass is 315 g/mol. The number of halogens is 1. The van der Waals surface area contributed by atoms with Gasteiger partial charge in [-0.1, -0.05) is 23.7 Å². The van der Waals surface area contributed by atoms with E-state index in [4.69, 9.17) is 21.6 Å². The van der Waals surface area contributed by atoms with Crippen LogP contribution in [0.1, 0.15) is 11.1 Å². The second kappa shape index (κ2) is 7.34. The third-order valence-corrected chi connectivity index (χ3v) is 3.27. The summed E-state index contributed by atoms with van der Waals surface area (Å²) in [7, 11) is 1.60. The van der Waals surface area contributed by atoms with E-state index in [1.807, 2.05) is 30.3 Å². The van der Waals surface area contributed by atoms with Crippen molar-refractivity contribution in [3.63, 3.8) is 0 Å². The lowest BCUT2D eigenvalue weighted by molar-refractivity contribution is 0.251. The van der Waals surface area contributed by atoms with Crippen LogP contribution in [0.25, 0.3) is 0 Å². The summed E-state index contributed by atoms with van der Waals surface area (Å²) < 4.78 is 5.07. The maximum atomic E-state index is 11.8. The van der Waals surface area contributed by atoms with E-state index in [0.29, 0.717) is 22.8 Å². The van der Waals surface area contributed by atoms with Gasteiger partial charge in [0, 0.05) is 12.2 Å². The first-order valence-corrected chi connectivity index (χ1v) is 6.87. The molecular formula is C16H14ClN3O2. The fraction of sp³-hybridized carbons (Fsp3) is 0.125. The largest absolute Gasteiger partial charge is 0.497 e. The highest BCUT2D eigenvalue weighted by atomic mass is 35.5. The van der Waals surface area contributed by atoms with E-state index in [9.17, 15) is 4.79 Å². The molecule has 22 heavy (non-hydrogen) atoms. The van der Waals surface area contributed by atoms with Gasteiger partial charge in [0.15, 0.2) is 0 Å². The molecule has 2 rings (SSSR count). The van der Waals surface area contributed by atoms with Crippen molar-refractivity contribution in [2.75, 3.05) is 12.4 Å². The van der Waals surface area contributed by atoms with Crippen LogP contribution < -0.4 is 15.4 Å². The van der Waals surface area contributed by atoms with E-state index in [2.05, 4.69) is 10.6 Å². The van der Waals surface area contributed by atoms with E-state index in [1.165, 1.54) is 6.07 Å². The van der Waals surface area contributed by atoms with Crippen LogP contribution in [0.4, 0.5) is 10.5 Å². The Morgan fingerprint density at radius 2 is 2.00 bits per heavy atom. The Morgan fingerprint density at radius 1 is 1.27 bits per heavy atom. The molecule has 0 aromatic heterocycles. The van der Waals surface area contributed by atoms with E-state index in [-0.39, 0.29) is 6.03 Å². The van der Waals surface area contributed by atoms with Gasteiger partial charge in [0.05, 0.1) is 17.7 Å². The van der Waals surface area contributed by atoms with Crippen LogP contribution >= 0.6 is 11.6 Å². The van der Waals surface area contributed by atoms with Crippen LogP contribution in [0, 0.1) is 11.3 Å². The summed E-state index contributed by atoms with van der Waals surface area (Å²) >= 11 is 5.91. The first-order valence-electron chi connectivity index (χ1n) is 6.50. The Bertz CT molecular complexity index is 708. The summed E-state index contributed by atoms with van der Waals surface area (Å²) in [5.41, 5.74) is 1.84. The lowest BCUT2D eigenvalue weighted by Gasteiger charge is -2.09. The first kappa shape index (κ1) is 15.7. The molecule has 0 aliphatic heterocycles. The highest BCUT2D eigenvalue weighted by molar-refractivity contribution is 6.32. The first-order chi connectivity index (χ1) is 10.6. The number of urea groups is 1. The summed E-state index contributed by atoms with van der Waals surface area (Å²) in [5, 5.41) is 14.5. The molecule has 0 heterocycles. The smallest absolute Gasteiger partial charge is 0.319 e. The van der Waals surface area contributed by atoms with Crippen LogP contribution in [-0.4, -0.2) is 13.1 Å². The lowest BCUT2D eigenvalue weighted by atomic mass is 10.2. The number of nitrogens with zero attached hydrogens (tertiary/aromatic N) is 1. The van der Waals surface area contributed by atoms with Gasteiger partial charge in [-0.3, -0.25) is 0 Å². The molecule has 0 aliphatic carbocycles. The van der Waals surface area contributed by atoms with E-state index < -0.39 is 0 Å². The average Bonchev–Trinajstić information content (AvgIpc) is 2.53. The normalized spacial score (nSPS) is 9.68. The number of benzene rings is 2. The van der Waals surface area contributed by atoms with Crippen molar-refractivity contribution >= 4 is 23.3 Å². The van der Waals surface area contributed by atoms with Crippen molar-refractivity contribution in [1.29, 1.82) is 5.26 Å². The molecule has 112 valence electrons. The average molecular weight is 316 g/mol. The van der Waals surface area contributed by atoms with Gasteiger partial charge in [-0.05, 0) is 35.9 Å². The van der Waals surface area contributed by atoms with Crippen LogP contribution in [0.2, 0.25) is 5.02 Å². The van der Waals surface area contributed by atoms with Crippen LogP contribution in [-0.2, 0) is 6.54 Å². The zero-order valence-electron chi connectivity index (χ0n) is 11.9. The van der Waals surface area contributed by atoms with Crippen molar-refractivity contribution in [1.82, 2.24) is 5.32 Å².